The van der Waals surface area contributed by atoms with Crippen LogP contribution < -0.4 is 5.32 Å². The van der Waals surface area contributed by atoms with Gasteiger partial charge in [-0.25, -0.2) is 4.68 Å². The molecule has 0 spiro atoms. The lowest BCUT2D eigenvalue weighted by atomic mass is 10.0. The van der Waals surface area contributed by atoms with Crippen LogP contribution in [0, 0.1) is 17.8 Å². The van der Waals surface area contributed by atoms with Gasteiger partial charge in [0.25, 0.3) is 0 Å². The number of hydrogen-bond acceptors (Lipinski definition) is 3. The Hall–Kier alpha value is -2.17. The minimum atomic E-state index is -0.513. The van der Waals surface area contributed by atoms with Gasteiger partial charge in [0.05, 0.1) is 17.4 Å². The second-order valence-corrected chi connectivity index (χ2v) is 7.28. The Kier molecular flexibility index (Phi) is 3.25. The van der Waals surface area contributed by atoms with Crippen molar-refractivity contribution in [2.24, 2.45) is 17.8 Å². The average Bonchev–Trinajstić information content (AvgIpc) is 2.95. The number of nitrogens with one attached hydrogen (secondary N) is 1. The first-order chi connectivity index (χ1) is 11.1. The fraction of sp³-hybridized carbons (Fsp3) is 0.500. The van der Waals surface area contributed by atoms with E-state index < -0.39 is 5.54 Å². The third-order valence-corrected chi connectivity index (χ3v) is 5.30. The van der Waals surface area contributed by atoms with Crippen LogP contribution in [0.1, 0.15) is 38.8 Å². The molecule has 1 aromatic heterocycles. The molecule has 23 heavy (non-hydrogen) atoms. The van der Waals surface area contributed by atoms with Gasteiger partial charge in [-0.1, -0.05) is 29.8 Å². The molecule has 0 aliphatic heterocycles. The van der Waals surface area contributed by atoms with E-state index in [2.05, 4.69) is 15.6 Å². The number of para-hydroxylation sites is 1. The number of fused-ring (bicyclic) bond motifs is 1. The summed E-state index contributed by atoms with van der Waals surface area (Å²) in [5.74, 6) is 1.67. The fourth-order valence-electron chi connectivity index (χ4n) is 3.92. The van der Waals surface area contributed by atoms with Gasteiger partial charge in [0.1, 0.15) is 5.69 Å². The van der Waals surface area contributed by atoms with E-state index in [4.69, 9.17) is 0 Å². The third kappa shape index (κ3) is 2.54. The monoisotopic (exact) mass is 310 g/mol. The predicted molar refractivity (Wildman–Crippen MR) is 86.8 cm³/mol. The van der Waals surface area contributed by atoms with Gasteiger partial charge in [0.2, 0.25) is 5.91 Å². The highest BCUT2D eigenvalue weighted by atomic mass is 16.2. The molecule has 1 aromatic carbocycles. The maximum Gasteiger partial charge on any atom is 0.224 e. The summed E-state index contributed by atoms with van der Waals surface area (Å²) in [6.45, 7) is 3.98. The summed E-state index contributed by atoms with van der Waals surface area (Å²) in [6, 6.07) is 9.87. The van der Waals surface area contributed by atoms with Gasteiger partial charge in [-0.15, -0.1) is 5.10 Å². The smallest absolute Gasteiger partial charge is 0.224 e. The second-order valence-electron chi connectivity index (χ2n) is 7.28. The molecule has 0 unspecified atom stereocenters. The number of aromatic nitrogens is 3. The molecule has 2 atom stereocenters. The van der Waals surface area contributed by atoms with E-state index in [1.54, 1.807) is 4.68 Å². The van der Waals surface area contributed by atoms with Gasteiger partial charge < -0.3 is 5.32 Å². The molecule has 2 saturated carbocycles. The molecule has 2 fully saturated rings. The third-order valence-electron chi connectivity index (χ3n) is 5.30. The van der Waals surface area contributed by atoms with Crippen molar-refractivity contribution in [1.29, 1.82) is 0 Å². The summed E-state index contributed by atoms with van der Waals surface area (Å²) in [5.41, 5.74) is 1.23. The lowest BCUT2D eigenvalue weighted by molar-refractivity contribution is -0.124. The van der Waals surface area contributed by atoms with E-state index in [0.717, 1.165) is 11.4 Å². The van der Waals surface area contributed by atoms with Crippen LogP contribution in [0.2, 0.25) is 0 Å². The molecular weight excluding hydrogens is 288 g/mol. The highest BCUT2D eigenvalue weighted by Gasteiger charge is 2.57. The van der Waals surface area contributed by atoms with Crippen molar-refractivity contribution in [3.63, 3.8) is 0 Å². The van der Waals surface area contributed by atoms with E-state index in [1.807, 2.05) is 50.4 Å². The number of benzene rings is 1. The number of nitrogens with zero attached hydrogens (tertiary/aromatic N) is 3. The zero-order valence-corrected chi connectivity index (χ0v) is 13.6. The Morgan fingerprint density at radius 2 is 1.91 bits per heavy atom. The van der Waals surface area contributed by atoms with Crippen molar-refractivity contribution >= 4 is 5.91 Å². The normalized spacial score (nSPS) is 25.9. The first-order valence-electron chi connectivity index (χ1n) is 8.36. The molecular formula is C18H22N4O. The SMILES string of the molecule is CC(C)(NC(=O)C1[C@@H]2CCC[C@@H]12)c1cn(-c2ccccc2)nn1. The van der Waals surface area contributed by atoms with Crippen molar-refractivity contribution in [3.05, 3.63) is 42.2 Å². The van der Waals surface area contributed by atoms with E-state index in [9.17, 15) is 4.79 Å². The van der Waals surface area contributed by atoms with Crippen molar-refractivity contribution in [2.75, 3.05) is 0 Å². The number of hydrogen-bond donors (Lipinski definition) is 1. The Morgan fingerprint density at radius 1 is 1.22 bits per heavy atom. The Labute approximate surface area is 136 Å². The zero-order valence-electron chi connectivity index (χ0n) is 13.6. The van der Waals surface area contributed by atoms with Crippen LogP contribution in [0.4, 0.5) is 0 Å². The van der Waals surface area contributed by atoms with Crippen molar-refractivity contribution in [3.8, 4) is 5.69 Å². The molecule has 2 aliphatic rings. The predicted octanol–water partition coefficient (Wildman–Crippen LogP) is 2.66. The van der Waals surface area contributed by atoms with E-state index in [-0.39, 0.29) is 11.8 Å². The van der Waals surface area contributed by atoms with Crippen molar-refractivity contribution in [2.45, 2.75) is 38.6 Å². The lowest BCUT2D eigenvalue weighted by Gasteiger charge is -2.24. The van der Waals surface area contributed by atoms with Crippen LogP contribution in [0.25, 0.3) is 5.69 Å². The van der Waals surface area contributed by atoms with Crippen LogP contribution in [0.5, 0.6) is 0 Å². The standard InChI is InChI=1S/C18H22N4O/c1-18(2,19-17(23)16-13-9-6-10-14(13)16)15-11-22(21-20-15)12-7-4-3-5-8-12/h3-5,7-8,11,13-14,16H,6,9-10H2,1-2H3,(H,19,23)/t13-,14-/m1/s1. The molecule has 5 nitrogen and oxygen atoms in total. The molecule has 1 N–H and O–H groups in total. The van der Waals surface area contributed by atoms with Crippen LogP contribution in [-0.4, -0.2) is 20.9 Å². The lowest BCUT2D eigenvalue weighted by Crippen LogP contribution is -2.42. The van der Waals surface area contributed by atoms with Crippen LogP contribution >= 0.6 is 0 Å². The Bertz CT molecular complexity index is 712. The van der Waals surface area contributed by atoms with Gasteiger partial charge in [-0.05, 0) is 50.7 Å². The van der Waals surface area contributed by atoms with Gasteiger partial charge in [-0.2, -0.15) is 0 Å². The summed E-state index contributed by atoms with van der Waals surface area (Å²) < 4.78 is 1.75. The molecule has 120 valence electrons. The molecule has 0 radical (unpaired) electrons. The fourth-order valence-corrected chi connectivity index (χ4v) is 3.92. The number of carbonyl (C=O) groups excluding carboxylic acids is 1. The van der Waals surface area contributed by atoms with Crippen LogP contribution in [0.3, 0.4) is 0 Å². The van der Waals surface area contributed by atoms with Crippen molar-refractivity contribution in [1.82, 2.24) is 20.3 Å². The number of carbonyl (C=O) groups is 1. The van der Waals surface area contributed by atoms with E-state index >= 15 is 0 Å². The summed E-state index contributed by atoms with van der Waals surface area (Å²) in [5, 5.41) is 11.6. The van der Waals surface area contributed by atoms with Crippen LogP contribution in [0.15, 0.2) is 36.5 Å². The highest BCUT2D eigenvalue weighted by Crippen LogP contribution is 2.57. The number of amides is 1. The first-order valence-corrected chi connectivity index (χ1v) is 8.36. The van der Waals surface area contributed by atoms with Gasteiger partial charge in [0.15, 0.2) is 0 Å². The summed E-state index contributed by atoms with van der Waals surface area (Å²) in [6.07, 6.45) is 5.61. The summed E-state index contributed by atoms with van der Waals surface area (Å²) in [7, 11) is 0. The quantitative estimate of drug-likeness (QED) is 0.944. The van der Waals surface area contributed by atoms with Gasteiger partial charge in [0, 0.05) is 5.92 Å². The van der Waals surface area contributed by atoms with Gasteiger partial charge in [-0.3, -0.25) is 4.79 Å². The molecule has 0 bridgehead atoms. The van der Waals surface area contributed by atoms with Gasteiger partial charge >= 0.3 is 0 Å². The summed E-state index contributed by atoms with van der Waals surface area (Å²) >= 11 is 0. The molecule has 4 rings (SSSR count). The van der Waals surface area contributed by atoms with Crippen molar-refractivity contribution < 1.29 is 4.79 Å². The van der Waals surface area contributed by atoms with Crippen LogP contribution in [-0.2, 0) is 10.3 Å². The molecule has 5 heteroatoms. The molecule has 2 aromatic rings. The minimum Gasteiger partial charge on any atom is -0.345 e. The minimum absolute atomic E-state index is 0.180. The highest BCUT2D eigenvalue weighted by molar-refractivity contribution is 5.83. The molecule has 0 saturated heterocycles. The number of rotatable bonds is 4. The first kappa shape index (κ1) is 14.4. The zero-order chi connectivity index (χ0) is 16.0. The van der Waals surface area contributed by atoms with E-state index in [1.165, 1.54) is 19.3 Å². The Balaban J connectivity index is 1.48. The second kappa shape index (κ2) is 5.18. The Morgan fingerprint density at radius 3 is 2.61 bits per heavy atom. The maximum atomic E-state index is 12.5. The maximum absolute atomic E-state index is 12.5. The average molecular weight is 310 g/mol. The molecule has 2 aliphatic carbocycles. The summed E-state index contributed by atoms with van der Waals surface area (Å²) in [4.78, 5) is 12.5. The van der Waals surface area contributed by atoms with E-state index in [0.29, 0.717) is 11.8 Å². The largest absolute Gasteiger partial charge is 0.345 e. The molecule has 1 amide bonds. The topological polar surface area (TPSA) is 59.8 Å². The molecule has 1 heterocycles.